The molecule has 3 rings (SSSR count). The van der Waals surface area contributed by atoms with E-state index >= 15 is 0 Å². The van der Waals surface area contributed by atoms with E-state index in [2.05, 4.69) is 10.9 Å². The van der Waals surface area contributed by atoms with Gasteiger partial charge in [0.1, 0.15) is 6.61 Å². The third-order valence-corrected chi connectivity index (χ3v) is 3.95. The first-order valence-corrected chi connectivity index (χ1v) is 8.78. The van der Waals surface area contributed by atoms with Crippen LogP contribution in [0.3, 0.4) is 0 Å². The van der Waals surface area contributed by atoms with Crippen LogP contribution in [0.15, 0.2) is 54.6 Å². The fourth-order valence-electron chi connectivity index (χ4n) is 2.51. The Balaban J connectivity index is 1.34. The molecule has 0 saturated heterocycles. The molecule has 0 aromatic heterocycles. The predicted molar refractivity (Wildman–Crippen MR) is 98.4 cm³/mol. The van der Waals surface area contributed by atoms with Crippen LogP contribution in [0.2, 0.25) is 0 Å². The minimum Gasteiger partial charge on any atom is -0.485 e. The number of esters is 1. The second kappa shape index (κ2) is 9.40. The highest BCUT2D eigenvalue weighted by Gasteiger charge is 2.27. The summed E-state index contributed by atoms with van der Waals surface area (Å²) < 4.78 is 15.9. The van der Waals surface area contributed by atoms with Crippen molar-refractivity contribution < 1.29 is 28.6 Å². The molecule has 0 aliphatic carbocycles. The lowest BCUT2D eigenvalue weighted by Gasteiger charge is -2.25. The largest absolute Gasteiger partial charge is 0.485 e. The van der Waals surface area contributed by atoms with Crippen LogP contribution >= 0.6 is 0 Å². The van der Waals surface area contributed by atoms with Gasteiger partial charge < -0.3 is 14.2 Å². The first kappa shape index (κ1) is 19.2. The Morgan fingerprint density at radius 1 is 0.964 bits per heavy atom. The van der Waals surface area contributed by atoms with Gasteiger partial charge in [0.15, 0.2) is 18.1 Å². The van der Waals surface area contributed by atoms with Crippen molar-refractivity contribution in [2.24, 2.45) is 0 Å². The van der Waals surface area contributed by atoms with Crippen LogP contribution in [-0.2, 0) is 25.5 Å². The Bertz CT molecular complexity index is 840. The number of aryl methyl sites for hydroxylation is 1. The van der Waals surface area contributed by atoms with Gasteiger partial charge in [-0.2, -0.15) is 0 Å². The molecule has 2 aromatic carbocycles. The lowest BCUT2D eigenvalue weighted by molar-refractivity contribution is -0.149. The molecule has 0 spiro atoms. The number of carbonyl (C=O) groups is 3. The molecule has 0 bridgehead atoms. The van der Waals surface area contributed by atoms with Gasteiger partial charge in [0.25, 0.3) is 11.8 Å². The summed E-state index contributed by atoms with van der Waals surface area (Å²) in [5, 5.41) is 0. The number of hydrogen-bond acceptors (Lipinski definition) is 6. The Labute approximate surface area is 161 Å². The van der Waals surface area contributed by atoms with Crippen LogP contribution in [0.25, 0.3) is 0 Å². The SMILES string of the molecule is O=C(COC(=O)CCc1ccccc1)NNC(=O)[C@H]1COc2ccccc2O1. The van der Waals surface area contributed by atoms with E-state index in [9.17, 15) is 14.4 Å². The summed E-state index contributed by atoms with van der Waals surface area (Å²) >= 11 is 0. The van der Waals surface area contributed by atoms with Gasteiger partial charge in [-0.1, -0.05) is 42.5 Å². The molecule has 0 saturated carbocycles. The van der Waals surface area contributed by atoms with Crippen LogP contribution in [0.4, 0.5) is 0 Å². The number of rotatable bonds is 6. The standard InChI is InChI=1S/C20H20N2O6/c23-18(13-27-19(24)11-10-14-6-2-1-3-7-14)21-22-20(25)17-12-26-15-8-4-5-9-16(15)28-17/h1-9,17H,10-13H2,(H,21,23)(H,22,25)/t17-/m1/s1. The minimum absolute atomic E-state index is 0.0210. The topological polar surface area (TPSA) is 103 Å². The zero-order chi connectivity index (χ0) is 19.8. The summed E-state index contributed by atoms with van der Waals surface area (Å²) in [5.74, 6) is -0.715. The number of ether oxygens (including phenoxy) is 3. The molecule has 146 valence electrons. The molecular formula is C20H20N2O6. The average molecular weight is 384 g/mol. The normalized spacial score (nSPS) is 14.6. The van der Waals surface area contributed by atoms with E-state index in [4.69, 9.17) is 14.2 Å². The molecule has 28 heavy (non-hydrogen) atoms. The van der Waals surface area contributed by atoms with Crippen molar-refractivity contribution in [3.8, 4) is 11.5 Å². The fourth-order valence-corrected chi connectivity index (χ4v) is 2.51. The highest BCUT2D eigenvalue weighted by atomic mass is 16.6. The molecule has 8 heteroatoms. The number of amides is 2. The van der Waals surface area contributed by atoms with Crippen molar-refractivity contribution in [1.29, 1.82) is 0 Å². The Morgan fingerprint density at radius 3 is 2.46 bits per heavy atom. The van der Waals surface area contributed by atoms with Gasteiger partial charge in [-0.3, -0.25) is 25.2 Å². The van der Waals surface area contributed by atoms with Gasteiger partial charge in [0, 0.05) is 6.42 Å². The zero-order valence-electron chi connectivity index (χ0n) is 15.1. The molecular weight excluding hydrogens is 364 g/mol. The van der Waals surface area contributed by atoms with Crippen molar-refractivity contribution in [3.05, 3.63) is 60.2 Å². The van der Waals surface area contributed by atoms with Crippen LogP contribution in [0, 0.1) is 0 Å². The van der Waals surface area contributed by atoms with Gasteiger partial charge in [-0.25, -0.2) is 0 Å². The minimum atomic E-state index is -0.899. The molecule has 0 fully saturated rings. The quantitative estimate of drug-likeness (QED) is 0.572. The first-order chi connectivity index (χ1) is 13.6. The lowest BCUT2D eigenvalue weighted by Crippen LogP contribution is -2.51. The average Bonchev–Trinajstić information content (AvgIpc) is 2.75. The number of fused-ring (bicyclic) bond motifs is 1. The highest BCUT2D eigenvalue weighted by Crippen LogP contribution is 2.30. The molecule has 0 radical (unpaired) electrons. The van der Waals surface area contributed by atoms with E-state index in [-0.39, 0.29) is 13.0 Å². The maximum absolute atomic E-state index is 12.1. The molecule has 2 amide bonds. The van der Waals surface area contributed by atoms with Crippen molar-refractivity contribution in [3.63, 3.8) is 0 Å². The molecule has 2 N–H and O–H groups in total. The molecule has 1 heterocycles. The van der Waals surface area contributed by atoms with E-state index in [1.54, 1.807) is 24.3 Å². The number of hydrazine groups is 1. The smallest absolute Gasteiger partial charge is 0.306 e. The third kappa shape index (κ3) is 5.47. The van der Waals surface area contributed by atoms with E-state index in [0.29, 0.717) is 17.9 Å². The summed E-state index contributed by atoms with van der Waals surface area (Å²) in [4.78, 5) is 35.5. The number of para-hydroxylation sites is 2. The Kier molecular flexibility index (Phi) is 6.46. The summed E-state index contributed by atoms with van der Waals surface area (Å²) in [6.07, 6.45) is -0.210. The number of hydrogen-bond donors (Lipinski definition) is 2. The molecule has 1 atom stereocenters. The molecule has 1 aliphatic heterocycles. The molecule has 8 nitrogen and oxygen atoms in total. The second-order valence-corrected chi connectivity index (χ2v) is 6.05. The van der Waals surface area contributed by atoms with Crippen LogP contribution in [0.5, 0.6) is 11.5 Å². The number of benzene rings is 2. The second-order valence-electron chi connectivity index (χ2n) is 6.05. The van der Waals surface area contributed by atoms with E-state index < -0.39 is 30.5 Å². The van der Waals surface area contributed by atoms with Crippen LogP contribution < -0.4 is 20.3 Å². The summed E-state index contributed by atoms with van der Waals surface area (Å²) in [5.41, 5.74) is 5.42. The van der Waals surface area contributed by atoms with Crippen molar-refractivity contribution in [1.82, 2.24) is 10.9 Å². The lowest BCUT2D eigenvalue weighted by atomic mass is 10.1. The van der Waals surface area contributed by atoms with Crippen LogP contribution in [0.1, 0.15) is 12.0 Å². The molecule has 2 aromatic rings. The molecule has 1 aliphatic rings. The van der Waals surface area contributed by atoms with Gasteiger partial charge in [0.05, 0.1) is 0 Å². The van der Waals surface area contributed by atoms with Crippen LogP contribution in [-0.4, -0.2) is 37.1 Å². The zero-order valence-corrected chi connectivity index (χ0v) is 15.1. The summed E-state index contributed by atoms with van der Waals surface area (Å²) in [6.45, 7) is -0.466. The van der Waals surface area contributed by atoms with Crippen molar-refractivity contribution >= 4 is 17.8 Å². The summed E-state index contributed by atoms with van der Waals surface area (Å²) in [7, 11) is 0. The number of carbonyl (C=O) groups excluding carboxylic acids is 3. The van der Waals surface area contributed by atoms with Gasteiger partial charge in [-0.15, -0.1) is 0 Å². The van der Waals surface area contributed by atoms with Crippen molar-refractivity contribution in [2.45, 2.75) is 18.9 Å². The Hall–Kier alpha value is -3.55. The number of nitrogens with one attached hydrogen (secondary N) is 2. The third-order valence-electron chi connectivity index (χ3n) is 3.95. The van der Waals surface area contributed by atoms with Gasteiger partial charge in [-0.05, 0) is 24.1 Å². The highest BCUT2D eigenvalue weighted by molar-refractivity contribution is 5.86. The Morgan fingerprint density at radius 2 is 1.68 bits per heavy atom. The van der Waals surface area contributed by atoms with E-state index in [1.165, 1.54) is 0 Å². The van der Waals surface area contributed by atoms with Gasteiger partial charge in [0.2, 0.25) is 6.10 Å². The van der Waals surface area contributed by atoms with E-state index in [1.807, 2.05) is 30.3 Å². The van der Waals surface area contributed by atoms with Gasteiger partial charge >= 0.3 is 5.97 Å². The van der Waals surface area contributed by atoms with Crippen molar-refractivity contribution in [2.75, 3.05) is 13.2 Å². The summed E-state index contributed by atoms with van der Waals surface area (Å²) in [6, 6.07) is 16.5. The monoisotopic (exact) mass is 384 g/mol. The predicted octanol–water partition coefficient (Wildman–Crippen LogP) is 1.15. The first-order valence-electron chi connectivity index (χ1n) is 8.78. The fraction of sp³-hybridized carbons (Fsp3) is 0.250. The maximum atomic E-state index is 12.1. The van der Waals surface area contributed by atoms with E-state index in [0.717, 1.165) is 5.56 Å². The molecule has 0 unspecified atom stereocenters. The maximum Gasteiger partial charge on any atom is 0.306 e.